The first-order valence-corrected chi connectivity index (χ1v) is 5.00. The van der Waals surface area contributed by atoms with Gasteiger partial charge in [-0.25, -0.2) is 0 Å². The van der Waals surface area contributed by atoms with Crippen molar-refractivity contribution >= 4 is 11.8 Å². The Balaban J connectivity index is 2.35. The van der Waals surface area contributed by atoms with E-state index in [-0.39, 0.29) is 23.9 Å². The van der Waals surface area contributed by atoms with Crippen molar-refractivity contribution in [1.29, 1.82) is 0 Å². The highest BCUT2D eigenvalue weighted by Gasteiger charge is 2.14. The molecule has 1 aromatic heterocycles. The summed E-state index contributed by atoms with van der Waals surface area (Å²) >= 11 is 0. The average Bonchev–Trinajstić information content (AvgIpc) is 2.64. The van der Waals surface area contributed by atoms with Gasteiger partial charge in [-0.15, -0.1) is 0 Å². The lowest BCUT2D eigenvalue weighted by Gasteiger charge is -2.20. The summed E-state index contributed by atoms with van der Waals surface area (Å²) in [7, 11) is 0. The fraction of sp³-hybridized carbons (Fsp3) is 0.455. The van der Waals surface area contributed by atoms with Crippen LogP contribution < -0.4 is 10.6 Å². The molecular weight excluding hydrogens is 208 g/mol. The Bertz CT molecular complexity index is 363. The van der Waals surface area contributed by atoms with Gasteiger partial charge in [-0.05, 0) is 26.8 Å². The molecule has 88 valence electrons. The van der Waals surface area contributed by atoms with Crippen molar-refractivity contribution in [3.63, 3.8) is 0 Å². The van der Waals surface area contributed by atoms with Crippen LogP contribution in [0, 0.1) is 0 Å². The summed E-state index contributed by atoms with van der Waals surface area (Å²) in [6, 6.07) is 1.54. The number of carbonyl (C=O) groups is 2. The van der Waals surface area contributed by atoms with E-state index in [1.807, 2.05) is 20.8 Å². The zero-order valence-electron chi connectivity index (χ0n) is 9.66. The van der Waals surface area contributed by atoms with E-state index in [0.717, 1.165) is 0 Å². The molecule has 0 radical (unpaired) electrons. The standard InChI is InChI=1S/C11H16N2O3/c1-11(2,3)13-9(14)6-12-10(15)8-4-5-16-7-8/h4-5,7H,6H2,1-3H3,(H,12,15)(H,13,14). The predicted octanol–water partition coefficient (Wildman–Crippen LogP) is 0.924. The van der Waals surface area contributed by atoms with Gasteiger partial charge >= 0.3 is 0 Å². The van der Waals surface area contributed by atoms with Crippen molar-refractivity contribution in [1.82, 2.24) is 10.6 Å². The van der Waals surface area contributed by atoms with E-state index in [1.165, 1.54) is 18.6 Å². The summed E-state index contributed by atoms with van der Waals surface area (Å²) in [5.74, 6) is -0.540. The van der Waals surface area contributed by atoms with Gasteiger partial charge in [0.2, 0.25) is 5.91 Å². The predicted molar refractivity (Wildman–Crippen MR) is 58.9 cm³/mol. The van der Waals surface area contributed by atoms with Crippen molar-refractivity contribution in [3.8, 4) is 0 Å². The van der Waals surface area contributed by atoms with Crippen LogP contribution in [0.25, 0.3) is 0 Å². The Morgan fingerprint density at radius 1 is 1.38 bits per heavy atom. The number of furan rings is 1. The summed E-state index contributed by atoms with van der Waals surface area (Å²) in [6.45, 7) is 5.59. The number of rotatable bonds is 3. The molecule has 5 nitrogen and oxygen atoms in total. The largest absolute Gasteiger partial charge is 0.472 e. The molecule has 2 N–H and O–H groups in total. The van der Waals surface area contributed by atoms with Crippen LogP contribution in [0.4, 0.5) is 0 Å². The van der Waals surface area contributed by atoms with Crippen LogP contribution in [-0.2, 0) is 4.79 Å². The van der Waals surface area contributed by atoms with E-state index in [0.29, 0.717) is 5.56 Å². The molecule has 0 aliphatic carbocycles. The molecule has 16 heavy (non-hydrogen) atoms. The van der Waals surface area contributed by atoms with Gasteiger partial charge in [-0.2, -0.15) is 0 Å². The average molecular weight is 224 g/mol. The second-order valence-corrected chi connectivity index (χ2v) is 4.49. The summed E-state index contributed by atoms with van der Waals surface area (Å²) in [6.07, 6.45) is 2.74. The molecule has 1 heterocycles. The van der Waals surface area contributed by atoms with Crippen molar-refractivity contribution in [2.45, 2.75) is 26.3 Å². The third-order valence-corrected chi connectivity index (χ3v) is 1.71. The number of amides is 2. The normalized spacial score (nSPS) is 10.9. The summed E-state index contributed by atoms with van der Waals surface area (Å²) in [5.41, 5.74) is 0.112. The molecule has 1 rings (SSSR count). The third kappa shape index (κ3) is 4.16. The van der Waals surface area contributed by atoms with E-state index in [4.69, 9.17) is 4.42 Å². The highest BCUT2D eigenvalue weighted by atomic mass is 16.3. The van der Waals surface area contributed by atoms with Gasteiger partial charge in [0.25, 0.3) is 5.91 Å². The molecule has 0 bridgehead atoms. The second-order valence-electron chi connectivity index (χ2n) is 4.49. The maximum absolute atomic E-state index is 11.4. The van der Waals surface area contributed by atoms with E-state index in [9.17, 15) is 9.59 Å². The van der Waals surface area contributed by atoms with Gasteiger partial charge in [0, 0.05) is 5.54 Å². The summed E-state index contributed by atoms with van der Waals surface area (Å²) < 4.78 is 4.76. The Labute approximate surface area is 94.2 Å². The van der Waals surface area contributed by atoms with Crippen molar-refractivity contribution in [3.05, 3.63) is 24.2 Å². The van der Waals surface area contributed by atoms with Crippen LogP contribution in [0.3, 0.4) is 0 Å². The lowest BCUT2D eigenvalue weighted by Crippen LogP contribution is -2.45. The first kappa shape index (κ1) is 12.3. The van der Waals surface area contributed by atoms with Crippen LogP contribution in [0.15, 0.2) is 23.0 Å². The SMILES string of the molecule is CC(C)(C)NC(=O)CNC(=O)c1ccoc1. The molecule has 0 atom stereocenters. The Morgan fingerprint density at radius 3 is 2.56 bits per heavy atom. The molecule has 0 aromatic carbocycles. The molecular formula is C11H16N2O3. The van der Waals surface area contributed by atoms with Gasteiger partial charge in [-0.1, -0.05) is 0 Å². The monoisotopic (exact) mass is 224 g/mol. The molecule has 0 unspecified atom stereocenters. The first-order chi connectivity index (χ1) is 7.38. The summed E-state index contributed by atoms with van der Waals surface area (Å²) in [4.78, 5) is 22.8. The van der Waals surface area contributed by atoms with E-state index in [1.54, 1.807) is 0 Å². The molecule has 0 spiro atoms. The molecule has 0 aliphatic heterocycles. The van der Waals surface area contributed by atoms with Crippen LogP contribution in [0.1, 0.15) is 31.1 Å². The topological polar surface area (TPSA) is 71.3 Å². The minimum Gasteiger partial charge on any atom is -0.472 e. The number of nitrogens with one attached hydrogen (secondary N) is 2. The van der Waals surface area contributed by atoms with Gasteiger partial charge in [-0.3, -0.25) is 9.59 Å². The molecule has 0 aliphatic rings. The number of carbonyl (C=O) groups excluding carboxylic acids is 2. The van der Waals surface area contributed by atoms with E-state index < -0.39 is 0 Å². The zero-order chi connectivity index (χ0) is 12.2. The molecule has 0 fully saturated rings. The second kappa shape index (κ2) is 4.83. The van der Waals surface area contributed by atoms with Gasteiger partial charge in [0.05, 0.1) is 18.4 Å². The molecule has 0 saturated carbocycles. The third-order valence-electron chi connectivity index (χ3n) is 1.71. The zero-order valence-corrected chi connectivity index (χ0v) is 9.66. The quantitative estimate of drug-likeness (QED) is 0.802. The minimum absolute atomic E-state index is 0.0404. The van der Waals surface area contributed by atoms with E-state index >= 15 is 0 Å². The fourth-order valence-corrected chi connectivity index (χ4v) is 1.12. The lowest BCUT2D eigenvalue weighted by molar-refractivity contribution is -0.121. The summed E-state index contributed by atoms with van der Waals surface area (Å²) in [5, 5.41) is 5.24. The lowest BCUT2D eigenvalue weighted by atomic mass is 10.1. The van der Waals surface area contributed by atoms with Crippen LogP contribution in [0.5, 0.6) is 0 Å². The fourth-order valence-electron chi connectivity index (χ4n) is 1.12. The molecule has 1 aromatic rings. The van der Waals surface area contributed by atoms with Gasteiger partial charge < -0.3 is 15.1 Å². The van der Waals surface area contributed by atoms with Crippen LogP contribution in [-0.4, -0.2) is 23.9 Å². The van der Waals surface area contributed by atoms with Crippen molar-refractivity contribution < 1.29 is 14.0 Å². The number of hydrogen-bond acceptors (Lipinski definition) is 3. The number of hydrogen-bond donors (Lipinski definition) is 2. The Morgan fingerprint density at radius 2 is 2.06 bits per heavy atom. The highest BCUT2D eigenvalue weighted by molar-refractivity contribution is 5.96. The van der Waals surface area contributed by atoms with E-state index in [2.05, 4.69) is 10.6 Å². The Kier molecular flexibility index (Phi) is 3.71. The van der Waals surface area contributed by atoms with Crippen LogP contribution >= 0.6 is 0 Å². The maximum atomic E-state index is 11.4. The Hall–Kier alpha value is -1.78. The van der Waals surface area contributed by atoms with Gasteiger partial charge in [0.15, 0.2) is 0 Å². The smallest absolute Gasteiger partial charge is 0.254 e. The molecule has 5 heteroatoms. The molecule has 0 saturated heterocycles. The highest BCUT2D eigenvalue weighted by Crippen LogP contribution is 1.99. The van der Waals surface area contributed by atoms with Crippen molar-refractivity contribution in [2.24, 2.45) is 0 Å². The van der Waals surface area contributed by atoms with Crippen molar-refractivity contribution in [2.75, 3.05) is 6.54 Å². The first-order valence-electron chi connectivity index (χ1n) is 5.00. The minimum atomic E-state index is -0.321. The molecule has 2 amide bonds. The maximum Gasteiger partial charge on any atom is 0.254 e. The van der Waals surface area contributed by atoms with Crippen LogP contribution in [0.2, 0.25) is 0 Å². The van der Waals surface area contributed by atoms with Gasteiger partial charge in [0.1, 0.15) is 6.26 Å².